The van der Waals surface area contributed by atoms with Crippen LogP contribution < -0.4 is 4.74 Å². The molecule has 2 heterocycles. The molecule has 29 heavy (non-hydrogen) atoms. The summed E-state index contributed by atoms with van der Waals surface area (Å²) >= 11 is 0. The Morgan fingerprint density at radius 2 is 1.79 bits per heavy atom. The predicted molar refractivity (Wildman–Crippen MR) is 100 cm³/mol. The molecular weight excluding hydrogens is 388 g/mol. The van der Waals surface area contributed by atoms with Crippen LogP contribution in [0.4, 0.5) is 17.6 Å². The first-order valence-electron chi connectivity index (χ1n) is 9.01. The highest BCUT2D eigenvalue weighted by Gasteiger charge is 2.63. The molecule has 0 amide bonds. The highest BCUT2D eigenvalue weighted by molar-refractivity contribution is 5.49. The summed E-state index contributed by atoms with van der Waals surface area (Å²) in [4.78, 5) is 0. The number of aliphatic hydroxyl groups is 1. The van der Waals surface area contributed by atoms with Gasteiger partial charge in [-0.05, 0) is 41.8 Å². The summed E-state index contributed by atoms with van der Waals surface area (Å²) in [6.07, 6.45) is -3.52. The Morgan fingerprint density at radius 3 is 2.38 bits per heavy atom. The van der Waals surface area contributed by atoms with Gasteiger partial charge in [-0.3, -0.25) is 0 Å². The van der Waals surface area contributed by atoms with Crippen molar-refractivity contribution in [1.29, 1.82) is 0 Å². The minimum absolute atomic E-state index is 0.221. The molecule has 0 saturated heterocycles. The Hall–Kier alpha value is -2.61. The predicted octanol–water partition coefficient (Wildman–Crippen LogP) is 4.85. The maximum atomic E-state index is 14.3. The van der Waals surface area contributed by atoms with Gasteiger partial charge in [0.05, 0.1) is 12.6 Å². The summed E-state index contributed by atoms with van der Waals surface area (Å²) in [5.41, 5.74) is -4.49. The zero-order valence-corrected chi connectivity index (χ0v) is 16.5. The van der Waals surface area contributed by atoms with E-state index in [9.17, 15) is 22.7 Å². The molecule has 8 heteroatoms. The van der Waals surface area contributed by atoms with Crippen LogP contribution in [0.25, 0.3) is 5.52 Å². The standard InChI is InChI=1S/C21H22F4N2O2/c1-13(19(2,3)16-11-14(22)8-9-17(16)29-4)20(28,21(23,24)25)18-12-15-7-5-6-10-27(15)26-18/h5-13,28H,1-4H3. The fourth-order valence-corrected chi connectivity index (χ4v) is 3.68. The highest BCUT2D eigenvalue weighted by atomic mass is 19.4. The number of hydrogen-bond acceptors (Lipinski definition) is 3. The van der Waals surface area contributed by atoms with Gasteiger partial charge in [0.1, 0.15) is 17.3 Å². The lowest BCUT2D eigenvalue weighted by atomic mass is 9.65. The van der Waals surface area contributed by atoms with Gasteiger partial charge >= 0.3 is 6.18 Å². The number of halogens is 4. The van der Waals surface area contributed by atoms with Crippen molar-refractivity contribution in [2.24, 2.45) is 5.92 Å². The quantitative estimate of drug-likeness (QED) is 0.612. The van der Waals surface area contributed by atoms with Gasteiger partial charge in [0.15, 0.2) is 0 Å². The second kappa shape index (κ2) is 7.02. The molecule has 0 aliphatic rings. The average molecular weight is 410 g/mol. The van der Waals surface area contributed by atoms with Gasteiger partial charge in [-0.1, -0.05) is 26.8 Å². The molecule has 2 unspecified atom stereocenters. The maximum Gasteiger partial charge on any atom is 0.423 e. The minimum Gasteiger partial charge on any atom is -0.496 e. The second-order valence-corrected chi connectivity index (χ2v) is 7.65. The molecule has 0 aliphatic heterocycles. The zero-order chi connectivity index (χ0) is 21.6. The zero-order valence-electron chi connectivity index (χ0n) is 16.5. The summed E-state index contributed by atoms with van der Waals surface area (Å²) in [5.74, 6) is -1.80. The van der Waals surface area contributed by atoms with Gasteiger partial charge in [-0.15, -0.1) is 0 Å². The fourth-order valence-electron chi connectivity index (χ4n) is 3.68. The van der Waals surface area contributed by atoms with Crippen molar-refractivity contribution in [2.45, 2.75) is 38.0 Å². The smallest absolute Gasteiger partial charge is 0.423 e. The van der Waals surface area contributed by atoms with E-state index < -0.39 is 34.6 Å². The topological polar surface area (TPSA) is 46.8 Å². The highest BCUT2D eigenvalue weighted by Crippen LogP contribution is 2.52. The Labute approximate surface area is 165 Å². The van der Waals surface area contributed by atoms with Gasteiger partial charge < -0.3 is 9.84 Å². The third kappa shape index (κ3) is 3.35. The van der Waals surface area contributed by atoms with E-state index in [-0.39, 0.29) is 11.3 Å². The summed E-state index contributed by atoms with van der Waals surface area (Å²) in [5, 5.41) is 15.1. The van der Waals surface area contributed by atoms with Crippen molar-refractivity contribution >= 4 is 5.52 Å². The Balaban J connectivity index is 2.20. The normalized spacial score (nSPS) is 15.9. The molecule has 0 bridgehead atoms. The molecule has 3 rings (SSSR count). The summed E-state index contributed by atoms with van der Waals surface area (Å²) in [6, 6.07) is 9.76. The lowest BCUT2D eigenvalue weighted by Gasteiger charge is -2.43. The summed E-state index contributed by atoms with van der Waals surface area (Å²) in [7, 11) is 1.36. The number of alkyl halides is 3. The van der Waals surface area contributed by atoms with E-state index in [0.717, 1.165) is 6.07 Å². The number of ether oxygens (including phenoxy) is 1. The Morgan fingerprint density at radius 1 is 1.10 bits per heavy atom. The largest absolute Gasteiger partial charge is 0.496 e. The Kier molecular flexibility index (Phi) is 5.11. The number of hydrogen-bond donors (Lipinski definition) is 1. The molecule has 0 fully saturated rings. The Bertz CT molecular complexity index is 996. The van der Waals surface area contributed by atoms with Gasteiger partial charge in [0, 0.05) is 17.7 Å². The van der Waals surface area contributed by atoms with Crippen molar-refractivity contribution < 1.29 is 27.4 Å². The van der Waals surface area contributed by atoms with E-state index in [1.807, 2.05) is 0 Å². The molecule has 3 aromatic rings. The van der Waals surface area contributed by atoms with E-state index in [1.165, 1.54) is 56.8 Å². The molecule has 0 radical (unpaired) electrons. The third-order valence-electron chi connectivity index (χ3n) is 5.76. The SMILES string of the molecule is COc1ccc(F)cc1C(C)(C)C(C)C(O)(c1cc2ccccn2n1)C(F)(F)F. The van der Waals surface area contributed by atoms with Crippen LogP contribution >= 0.6 is 0 Å². The number of nitrogens with zero attached hydrogens (tertiary/aromatic N) is 2. The van der Waals surface area contributed by atoms with Crippen molar-refractivity contribution in [3.8, 4) is 5.75 Å². The number of pyridine rings is 1. The molecule has 0 saturated carbocycles. The fraction of sp³-hybridized carbons (Fsp3) is 0.381. The van der Waals surface area contributed by atoms with E-state index >= 15 is 0 Å². The monoisotopic (exact) mass is 410 g/mol. The number of fused-ring (bicyclic) bond motifs is 1. The molecule has 0 spiro atoms. The van der Waals surface area contributed by atoms with Crippen LogP contribution in [0.5, 0.6) is 5.75 Å². The molecule has 2 aromatic heterocycles. The van der Waals surface area contributed by atoms with Crippen LogP contribution in [0.1, 0.15) is 32.0 Å². The van der Waals surface area contributed by atoms with E-state index in [0.29, 0.717) is 5.52 Å². The number of methoxy groups -OCH3 is 1. The lowest BCUT2D eigenvalue weighted by molar-refractivity contribution is -0.293. The van der Waals surface area contributed by atoms with Crippen molar-refractivity contribution in [2.75, 3.05) is 7.11 Å². The molecule has 4 nitrogen and oxygen atoms in total. The first-order valence-corrected chi connectivity index (χ1v) is 9.01. The minimum atomic E-state index is -5.03. The molecular formula is C21H22F4N2O2. The molecule has 156 valence electrons. The van der Waals surface area contributed by atoms with E-state index in [1.54, 1.807) is 18.2 Å². The third-order valence-corrected chi connectivity index (χ3v) is 5.76. The second-order valence-electron chi connectivity index (χ2n) is 7.65. The van der Waals surface area contributed by atoms with Crippen LogP contribution in [0.2, 0.25) is 0 Å². The van der Waals surface area contributed by atoms with E-state index in [2.05, 4.69) is 5.10 Å². The first-order chi connectivity index (χ1) is 13.4. The number of benzene rings is 1. The van der Waals surface area contributed by atoms with Crippen molar-refractivity contribution in [1.82, 2.24) is 9.61 Å². The number of rotatable bonds is 5. The first kappa shape index (κ1) is 21.1. The summed E-state index contributed by atoms with van der Waals surface area (Å²) < 4.78 is 63.2. The van der Waals surface area contributed by atoms with Crippen LogP contribution in [0.15, 0.2) is 48.7 Å². The lowest BCUT2D eigenvalue weighted by Crippen LogP contribution is -2.53. The van der Waals surface area contributed by atoms with E-state index in [4.69, 9.17) is 4.74 Å². The molecule has 1 N–H and O–H groups in total. The average Bonchev–Trinajstić information content (AvgIpc) is 3.10. The number of aromatic nitrogens is 2. The maximum absolute atomic E-state index is 14.3. The molecule has 1 aromatic carbocycles. The van der Waals surface area contributed by atoms with Gasteiger partial charge in [-0.25, -0.2) is 8.91 Å². The van der Waals surface area contributed by atoms with Gasteiger partial charge in [-0.2, -0.15) is 18.3 Å². The van der Waals surface area contributed by atoms with Gasteiger partial charge in [0.25, 0.3) is 0 Å². The van der Waals surface area contributed by atoms with Crippen molar-refractivity contribution in [3.05, 3.63) is 65.7 Å². The van der Waals surface area contributed by atoms with Crippen LogP contribution in [-0.2, 0) is 11.0 Å². The van der Waals surface area contributed by atoms with Crippen LogP contribution in [0.3, 0.4) is 0 Å². The summed E-state index contributed by atoms with van der Waals surface area (Å²) in [6.45, 7) is 4.31. The van der Waals surface area contributed by atoms with Crippen molar-refractivity contribution in [3.63, 3.8) is 0 Å². The molecule has 0 aliphatic carbocycles. The van der Waals surface area contributed by atoms with Crippen LogP contribution in [-0.4, -0.2) is 28.0 Å². The van der Waals surface area contributed by atoms with Gasteiger partial charge in [0.2, 0.25) is 5.60 Å². The molecule has 2 atom stereocenters. The van der Waals surface area contributed by atoms with Crippen LogP contribution in [0, 0.1) is 11.7 Å².